The molecule has 7 heteroatoms. The number of aromatic nitrogens is 2. The lowest BCUT2D eigenvalue weighted by molar-refractivity contribution is 0.208. The first-order chi connectivity index (χ1) is 12.5. The second kappa shape index (κ2) is 8.03. The van der Waals surface area contributed by atoms with E-state index in [1.807, 2.05) is 49.9 Å². The van der Waals surface area contributed by atoms with Gasteiger partial charge in [-0.25, -0.2) is 4.79 Å². The molecule has 0 unspecified atom stereocenters. The van der Waals surface area contributed by atoms with E-state index < -0.39 is 0 Å². The third kappa shape index (κ3) is 4.41. The van der Waals surface area contributed by atoms with E-state index in [1.54, 1.807) is 0 Å². The fourth-order valence-electron chi connectivity index (χ4n) is 3.16. The fourth-order valence-corrected chi connectivity index (χ4v) is 3.16. The van der Waals surface area contributed by atoms with Crippen LogP contribution in [0, 0.1) is 13.8 Å². The van der Waals surface area contributed by atoms with Crippen LogP contribution in [-0.2, 0) is 0 Å². The quantitative estimate of drug-likeness (QED) is 0.883. The van der Waals surface area contributed by atoms with Crippen LogP contribution in [0.25, 0.3) is 0 Å². The van der Waals surface area contributed by atoms with E-state index in [1.165, 1.54) is 0 Å². The van der Waals surface area contributed by atoms with Gasteiger partial charge >= 0.3 is 6.03 Å². The molecule has 0 bridgehead atoms. The molecule has 0 saturated carbocycles. The van der Waals surface area contributed by atoms with E-state index in [2.05, 4.69) is 31.8 Å². The minimum atomic E-state index is -0.0526. The Morgan fingerprint density at radius 1 is 1.04 bits per heavy atom. The van der Waals surface area contributed by atoms with Gasteiger partial charge in [-0.3, -0.25) is 0 Å². The molecule has 0 spiro atoms. The summed E-state index contributed by atoms with van der Waals surface area (Å²) in [5, 5.41) is 14.6. The lowest BCUT2D eigenvalue weighted by atomic mass is 10.1. The lowest BCUT2D eigenvalue weighted by Gasteiger charge is -2.35. The number of amides is 2. The molecular weight excluding hydrogens is 328 g/mol. The van der Waals surface area contributed by atoms with E-state index in [-0.39, 0.29) is 6.03 Å². The summed E-state index contributed by atoms with van der Waals surface area (Å²) in [6.07, 6.45) is 0. The standard InChI is InChI=1S/C19H26N6O/c1-4-20-17-5-6-18(23-22-17)24-7-9-25(10-8-24)19(26)21-16-12-14(2)11-15(3)13-16/h5-6,11-13H,4,7-10H2,1-3H3,(H,20,22)(H,21,26). The van der Waals surface area contributed by atoms with Crippen molar-refractivity contribution in [3.8, 4) is 0 Å². The maximum absolute atomic E-state index is 12.5. The number of carbonyl (C=O) groups is 1. The van der Waals surface area contributed by atoms with Gasteiger partial charge in [0.2, 0.25) is 0 Å². The van der Waals surface area contributed by atoms with Crippen molar-refractivity contribution in [3.05, 3.63) is 41.5 Å². The Bertz CT molecular complexity index is 733. The SMILES string of the molecule is CCNc1ccc(N2CCN(C(=O)Nc3cc(C)cc(C)c3)CC2)nn1. The molecule has 2 amide bonds. The number of aryl methyl sites for hydroxylation is 2. The van der Waals surface area contributed by atoms with Gasteiger partial charge in [-0.15, -0.1) is 10.2 Å². The summed E-state index contributed by atoms with van der Waals surface area (Å²) in [7, 11) is 0. The highest BCUT2D eigenvalue weighted by atomic mass is 16.2. The molecule has 138 valence electrons. The van der Waals surface area contributed by atoms with Crippen LogP contribution in [0.5, 0.6) is 0 Å². The molecule has 26 heavy (non-hydrogen) atoms. The van der Waals surface area contributed by atoms with Crippen molar-refractivity contribution in [2.45, 2.75) is 20.8 Å². The number of urea groups is 1. The monoisotopic (exact) mass is 354 g/mol. The summed E-state index contributed by atoms with van der Waals surface area (Å²) in [4.78, 5) is 16.5. The summed E-state index contributed by atoms with van der Waals surface area (Å²) in [5.74, 6) is 1.63. The van der Waals surface area contributed by atoms with Crippen molar-refractivity contribution in [2.24, 2.45) is 0 Å². The molecule has 1 aromatic carbocycles. The van der Waals surface area contributed by atoms with Crippen LogP contribution in [0.15, 0.2) is 30.3 Å². The molecule has 3 rings (SSSR count). The number of hydrogen-bond acceptors (Lipinski definition) is 5. The van der Waals surface area contributed by atoms with Crippen molar-refractivity contribution >= 4 is 23.4 Å². The third-order valence-corrected chi connectivity index (χ3v) is 4.37. The molecule has 2 N–H and O–H groups in total. The van der Waals surface area contributed by atoms with Crippen LogP contribution in [-0.4, -0.2) is 53.9 Å². The molecule has 1 aliphatic rings. The number of benzene rings is 1. The maximum atomic E-state index is 12.5. The Kier molecular flexibility index (Phi) is 5.55. The van der Waals surface area contributed by atoms with Gasteiger partial charge in [-0.2, -0.15) is 0 Å². The van der Waals surface area contributed by atoms with Gasteiger partial charge in [0, 0.05) is 38.4 Å². The topological polar surface area (TPSA) is 73.4 Å². The van der Waals surface area contributed by atoms with E-state index in [0.717, 1.165) is 48.1 Å². The molecule has 1 fully saturated rings. The van der Waals surface area contributed by atoms with Gasteiger partial charge in [0.1, 0.15) is 5.82 Å². The first-order valence-corrected chi connectivity index (χ1v) is 9.02. The minimum absolute atomic E-state index is 0.0526. The predicted molar refractivity (Wildman–Crippen MR) is 105 cm³/mol. The summed E-state index contributed by atoms with van der Waals surface area (Å²) in [5.41, 5.74) is 3.13. The van der Waals surface area contributed by atoms with E-state index in [0.29, 0.717) is 13.1 Å². The maximum Gasteiger partial charge on any atom is 0.321 e. The average Bonchev–Trinajstić information content (AvgIpc) is 2.62. The Hall–Kier alpha value is -2.83. The summed E-state index contributed by atoms with van der Waals surface area (Å²) in [6.45, 7) is 9.72. The molecule has 7 nitrogen and oxygen atoms in total. The zero-order valence-corrected chi connectivity index (χ0v) is 15.6. The molecule has 1 aromatic heterocycles. The first kappa shape index (κ1) is 18.0. The van der Waals surface area contributed by atoms with Gasteiger partial charge < -0.3 is 20.4 Å². The van der Waals surface area contributed by atoms with Crippen molar-refractivity contribution in [3.63, 3.8) is 0 Å². The largest absolute Gasteiger partial charge is 0.369 e. The number of anilines is 3. The van der Waals surface area contributed by atoms with Crippen LogP contribution in [0.1, 0.15) is 18.1 Å². The van der Waals surface area contributed by atoms with Gasteiger partial charge in [-0.1, -0.05) is 6.07 Å². The van der Waals surface area contributed by atoms with Gasteiger partial charge in [-0.05, 0) is 56.2 Å². The molecule has 0 radical (unpaired) electrons. The van der Waals surface area contributed by atoms with Crippen LogP contribution in [0.4, 0.5) is 22.1 Å². The molecule has 2 heterocycles. The molecule has 1 aliphatic heterocycles. The van der Waals surface area contributed by atoms with Crippen LogP contribution < -0.4 is 15.5 Å². The summed E-state index contributed by atoms with van der Waals surface area (Å²) >= 11 is 0. The number of carbonyl (C=O) groups excluding carboxylic acids is 1. The Labute approximate surface area is 154 Å². The van der Waals surface area contributed by atoms with Gasteiger partial charge in [0.25, 0.3) is 0 Å². The van der Waals surface area contributed by atoms with Crippen LogP contribution in [0.2, 0.25) is 0 Å². The predicted octanol–water partition coefficient (Wildman–Crippen LogP) is 2.88. The van der Waals surface area contributed by atoms with E-state index >= 15 is 0 Å². The van der Waals surface area contributed by atoms with Crippen molar-refractivity contribution in [2.75, 3.05) is 48.3 Å². The molecule has 0 aliphatic carbocycles. The number of nitrogens with zero attached hydrogens (tertiary/aromatic N) is 4. The zero-order chi connectivity index (χ0) is 18.5. The highest BCUT2D eigenvalue weighted by Gasteiger charge is 2.22. The Morgan fingerprint density at radius 3 is 2.31 bits per heavy atom. The molecular formula is C19H26N6O. The van der Waals surface area contributed by atoms with E-state index in [4.69, 9.17) is 0 Å². The third-order valence-electron chi connectivity index (χ3n) is 4.37. The number of rotatable bonds is 4. The lowest BCUT2D eigenvalue weighted by Crippen LogP contribution is -2.50. The number of hydrogen-bond donors (Lipinski definition) is 2. The van der Waals surface area contributed by atoms with Crippen molar-refractivity contribution in [1.82, 2.24) is 15.1 Å². The van der Waals surface area contributed by atoms with Crippen molar-refractivity contribution in [1.29, 1.82) is 0 Å². The second-order valence-corrected chi connectivity index (χ2v) is 6.59. The van der Waals surface area contributed by atoms with Crippen molar-refractivity contribution < 1.29 is 4.79 Å². The van der Waals surface area contributed by atoms with Crippen LogP contribution in [0.3, 0.4) is 0 Å². The number of piperazine rings is 1. The Balaban J connectivity index is 1.55. The minimum Gasteiger partial charge on any atom is -0.369 e. The smallest absolute Gasteiger partial charge is 0.321 e. The Morgan fingerprint density at radius 2 is 1.73 bits per heavy atom. The molecule has 0 atom stereocenters. The second-order valence-electron chi connectivity index (χ2n) is 6.59. The normalized spacial score (nSPS) is 14.3. The van der Waals surface area contributed by atoms with Gasteiger partial charge in [0.05, 0.1) is 0 Å². The molecule has 2 aromatic rings. The first-order valence-electron chi connectivity index (χ1n) is 9.02. The van der Waals surface area contributed by atoms with Crippen LogP contribution >= 0.6 is 0 Å². The average molecular weight is 354 g/mol. The summed E-state index contributed by atoms with van der Waals surface area (Å²) in [6, 6.07) is 9.92. The highest BCUT2D eigenvalue weighted by Crippen LogP contribution is 2.17. The highest BCUT2D eigenvalue weighted by molar-refractivity contribution is 5.89. The molecule has 1 saturated heterocycles. The summed E-state index contributed by atoms with van der Waals surface area (Å²) < 4.78 is 0. The fraction of sp³-hybridized carbons (Fsp3) is 0.421. The number of nitrogens with one attached hydrogen (secondary N) is 2. The van der Waals surface area contributed by atoms with Gasteiger partial charge in [0.15, 0.2) is 5.82 Å². The zero-order valence-electron chi connectivity index (χ0n) is 15.6. The van der Waals surface area contributed by atoms with E-state index in [9.17, 15) is 4.79 Å².